The molecule has 3 N–H and O–H groups in total. The fraction of sp³-hybridized carbons (Fsp3) is 0.500. The van der Waals surface area contributed by atoms with Gasteiger partial charge in [0.15, 0.2) is 0 Å². The Balaban J connectivity index is 0. The Bertz CT molecular complexity index is 328. The van der Waals surface area contributed by atoms with Crippen LogP contribution in [-0.2, 0) is 10.3 Å². The third kappa shape index (κ3) is 4.79. The first-order valence-electron chi connectivity index (χ1n) is 3.85. The molecule has 1 aromatic rings. The van der Waals surface area contributed by atoms with Crippen molar-refractivity contribution in [2.45, 2.75) is 25.8 Å². The summed E-state index contributed by atoms with van der Waals surface area (Å²) in [5.74, 6) is -0.907. The average Bonchev–Trinajstić information content (AvgIpc) is 2.32. The largest absolute Gasteiger partial charge is 0.481 e. The van der Waals surface area contributed by atoms with E-state index < -0.39 is 11.5 Å². The topological polar surface area (TPSA) is 76.2 Å². The van der Waals surface area contributed by atoms with Crippen molar-refractivity contribution in [3.63, 3.8) is 0 Å². The third-order valence-electron chi connectivity index (χ3n) is 1.72. The predicted molar refractivity (Wildman–Crippen MR) is 65.1 cm³/mol. The van der Waals surface area contributed by atoms with Gasteiger partial charge in [-0.05, 0) is 13.8 Å². The van der Waals surface area contributed by atoms with Crippen molar-refractivity contribution in [3.05, 3.63) is 16.1 Å². The molecule has 88 valence electrons. The molecule has 0 amide bonds. The SMILES string of the molecule is Cc1nc(C(C)(N)CC(=O)O)cs1.Cl.Cl. The molecule has 0 radical (unpaired) electrons. The molecule has 0 fully saturated rings. The summed E-state index contributed by atoms with van der Waals surface area (Å²) >= 11 is 1.47. The maximum Gasteiger partial charge on any atom is 0.305 e. The lowest BCUT2D eigenvalue weighted by molar-refractivity contribution is -0.138. The van der Waals surface area contributed by atoms with Crippen molar-refractivity contribution in [2.24, 2.45) is 5.73 Å². The lowest BCUT2D eigenvalue weighted by atomic mass is 9.96. The number of aromatic nitrogens is 1. The van der Waals surface area contributed by atoms with Crippen LogP contribution in [0.5, 0.6) is 0 Å². The molecule has 1 atom stereocenters. The third-order valence-corrected chi connectivity index (χ3v) is 2.50. The van der Waals surface area contributed by atoms with E-state index in [2.05, 4.69) is 4.98 Å². The van der Waals surface area contributed by atoms with Crippen LogP contribution in [0.1, 0.15) is 24.0 Å². The zero-order valence-corrected chi connectivity index (χ0v) is 10.8. The van der Waals surface area contributed by atoms with Gasteiger partial charge in [-0.15, -0.1) is 36.2 Å². The van der Waals surface area contributed by atoms with Crippen LogP contribution in [0.15, 0.2) is 5.38 Å². The van der Waals surface area contributed by atoms with E-state index in [4.69, 9.17) is 10.8 Å². The first-order chi connectivity index (χ1) is 5.92. The Hall–Kier alpha value is -0.360. The van der Waals surface area contributed by atoms with E-state index >= 15 is 0 Å². The number of nitrogens with zero attached hydrogens (tertiary/aromatic N) is 1. The van der Waals surface area contributed by atoms with Gasteiger partial charge >= 0.3 is 5.97 Å². The van der Waals surface area contributed by atoms with Gasteiger partial charge in [0, 0.05) is 5.38 Å². The summed E-state index contributed by atoms with van der Waals surface area (Å²) in [4.78, 5) is 14.7. The minimum absolute atomic E-state index is 0. The van der Waals surface area contributed by atoms with Gasteiger partial charge in [-0.2, -0.15) is 0 Å². The van der Waals surface area contributed by atoms with Gasteiger partial charge in [-0.3, -0.25) is 4.79 Å². The van der Waals surface area contributed by atoms with Gasteiger partial charge in [-0.1, -0.05) is 0 Å². The van der Waals surface area contributed by atoms with Gasteiger partial charge in [0.2, 0.25) is 0 Å². The van der Waals surface area contributed by atoms with Crippen LogP contribution in [0.3, 0.4) is 0 Å². The summed E-state index contributed by atoms with van der Waals surface area (Å²) in [6.07, 6.45) is -0.101. The van der Waals surface area contributed by atoms with E-state index in [1.165, 1.54) is 11.3 Å². The molecule has 15 heavy (non-hydrogen) atoms. The van der Waals surface area contributed by atoms with Crippen LogP contribution in [0.4, 0.5) is 0 Å². The fourth-order valence-electron chi connectivity index (χ4n) is 1.03. The Morgan fingerprint density at radius 1 is 1.67 bits per heavy atom. The number of thiazole rings is 1. The smallest absolute Gasteiger partial charge is 0.305 e. The van der Waals surface area contributed by atoms with Crippen LogP contribution in [0.2, 0.25) is 0 Å². The molecule has 0 saturated carbocycles. The van der Waals surface area contributed by atoms with Gasteiger partial charge in [0.25, 0.3) is 0 Å². The Morgan fingerprint density at radius 3 is 2.53 bits per heavy atom. The van der Waals surface area contributed by atoms with Crippen LogP contribution in [0, 0.1) is 6.92 Å². The molecule has 7 heteroatoms. The fourth-order valence-corrected chi connectivity index (χ4v) is 1.79. The van der Waals surface area contributed by atoms with E-state index in [-0.39, 0.29) is 31.2 Å². The van der Waals surface area contributed by atoms with Crippen LogP contribution in [-0.4, -0.2) is 16.1 Å². The first-order valence-corrected chi connectivity index (χ1v) is 4.73. The number of aryl methyl sites for hydroxylation is 1. The molecule has 1 aromatic heterocycles. The van der Waals surface area contributed by atoms with E-state index in [9.17, 15) is 4.79 Å². The normalized spacial score (nSPS) is 13.3. The Kier molecular flexibility index (Phi) is 7.13. The minimum atomic E-state index is -0.907. The molecular weight excluding hydrogens is 259 g/mol. The van der Waals surface area contributed by atoms with E-state index in [0.29, 0.717) is 5.69 Å². The monoisotopic (exact) mass is 272 g/mol. The second-order valence-electron chi connectivity index (χ2n) is 3.24. The number of hydrogen-bond acceptors (Lipinski definition) is 4. The maximum atomic E-state index is 10.5. The van der Waals surface area contributed by atoms with E-state index in [1.54, 1.807) is 12.3 Å². The molecule has 0 saturated heterocycles. The molecule has 0 aliphatic heterocycles. The van der Waals surface area contributed by atoms with Crippen LogP contribution in [0.25, 0.3) is 0 Å². The van der Waals surface area contributed by atoms with Crippen molar-refractivity contribution in [3.8, 4) is 0 Å². The van der Waals surface area contributed by atoms with Crippen molar-refractivity contribution in [1.82, 2.24) is 4.98 Å². The zero-order chi connectivity index (χ0) is 10.1. The highest BCUT2D eigenvalue weighted by Crippen LogP contribution is 2.22. The summed E-state index contributed by atoms with van der Waals surface area (Å²) in [6.45, 7) is 3.54. The molecule has 0 aliphatic rings. The lowest BCUT2D eigenvalue weighted by Gasteiger charge is -2.19. The second-order valence-corrected chi connectivity index (χ2v) is 4.30. The number of nitrogens with two attached hydrogens (primary N) is 1. The molecule has 0 aromatic carbocycles. The molecule has 1 heterocycles. The molecule has 0 bridgehead atoms. The molecular formula is C8H14Cl2N2O2S. The minimum Gasteiger partial charge on any atom is -0.481 e. The zero-order valence-electron chi connectivity index (χ0n) is 8.39. The highest BCUT2D eigenvalue weighted by Gasteiger charge is 2.26. The standard InChI is InChI=1S/C8H12N2O2S.2ClH/c1-5-10-6(4-13-5)8(2,9)3-7(11)12;;/h4H,3,9H2,1-2H3,(H,11,12);2*1H. The van der Waals surface area contributed by atoms with Gasteiger partial charge in [-0.25, -0.2) is 4.98 Å². The lowest BCUT2D eigenvalue weighted by Crippen LogP contribution is -2.35. The molecule has 4 nitrogen and oxygen atoms in total. The number of hydrogen-bond donors (Lipinski definition) is 2. The van der Waals surface area contributed by atoms with Crippen molar-refractivity contribution in [2.75, 3.05) is 0 Å². The van der Waals surface area contributed by atoms with E-state index in [1.807, 2.05) is 6.92 Å². The molecule has 1 rings (SSSR count). The molecule has 0 spiro atoms. The van der Waals surface area contributed by atoms with Crippen LogP contribution >= 0.6 is 36.2 Å². The second kappa shape index (κ2) is 6.27. The molecule has 1 unspecified atom stereocenters. The number of aliphatic carboxylic acids is 1. The summed E-state index contributed by atoms with van der Waals surface area (Å²) < 4.78 is 0. The summed E-state index contributed by atoms with van der Waals surface area (Å²) in [5, 5.41) is 11.3. The molecule has 0 aliphatic carbocycles. The van der Waals surface area contributed by atoms with Crippen LogP contribution < -0.4 is 5.73 Å². The van der Waals surface area contributed by atoms with Crippen molar-refractivity contribution >= 4 is 42.1 Å². The number of carboxylic acids is 1. The number of carboxylic acid groups (broad SMARTS) is 1. The summed E-state index contributed by atoms with van der Waals surface area (Å²) in [7, 11) is 0. The van der Waals surface area contributed by atoms with E-state index in [0.717, 1.165) is 5.01 Å². The van der Waals surface area contributed by atoms with Crippen molar-refractivity contribution < 1.29 is 9.90 Å². The quantitative estimate of drug-likeness (QED) is 0.882. The number of carbonyl (C=O) groups is 1. The predicted octanol–water partition coefficient (Wildman–Crippen LogP) is 1.94. The Labute approximate surface area is 105 Å². The highest BCUT2D eigenvalue weighted by atomic mass is 35.5. The average molecular weight is 273 g/mol. The first kappa shape index (κ1) is 17.0. The number of halogens is 2. The van der Waals surface area contributed by atoms with Crippen molar-refractivity contribution in [1.29, 1.82) is 0 Å². The number of rotatable bonds is 3. The van der Waals surface area contributed by atoms with Gasteiger partial charge < -0.3 is 10.8 Å². The summed E-state index contributed by atoms with van der Waals surface area (Å²) in [5.41, 5.74) is 5.60. The highest BCUT2D eigenvalue weighted by molar-refractivity contribution is 7.09. The maximum absolute atomic E-state index is 10.5. The van der Waals surface area contributed by atoms with Gasteiger partial charge in [0.1, 0.15) is 0 Å². The Morgan fingerprint density at radius 2 is 2.20 bits per heavy atom. The van der Waals surface area contributed by atoms with Gasteiger partial charge in [0.05, 0.1) is 22.7 Å². The summed E-state index contributed by atoms with van der Waals surface area (Å²) in [6, 6.07) is 0.